The molecule has 3 N–H and O–H groups in total. The molecule has 0 aliphatic carbocycles. The van der Waals surface area contributed by atoms with Gasteiger partial charge in [-0.3, -0.25) is 5.32 Å². The van der Waals surface area contributed by atoms with Gasteiger partial charge in [0.2, 0.25) is 0 Å². The second-order valence-corrected chi connectivity index (χ2v) is 8.36. The average molecular weight is 513 g/mol. The average Bonchev–Trinajstić information content (AvgIpc) is 2.62. The maximum Gasteiger partial charge on any atom is 0.412 e. The highest BCUT2D eigenvalue weighted by Gasteiger charge is 2.35. The van der Waals surface area contributed by atoms with Crippen LogP contribution in [0.1, 0.15) is 25.5 Å². The molecule has 2 aromatic carbocycles. The van der Waals surface area contributed by atoms with E-state index in [0.717, 1.165) is 6.08 Å². The maximum atomic E-state index is 12.5. The molecule has 0 saturated carbocycles. The quantitative estimate of drug-likeness (QED) is 0.420. The number of ether oxygens (including phenoxy) is 1. The third-order valence-corrected chi connectivity index (χ3v) is 4.98. The highest BCUT2D eigenvalue weighted by molar-refractivity contribution is 9.11. The van der Waals surface area contributed by atoms with Gasteiger partial charge in [-0.15, -0.1) is 0 Å². The van der Waals surface area contributed by atoms with E-state index in [1.165, 1.54) is 6.08 Å². The van der Waals surface area contributed by atoms with Crippen LogP contribution >= 0.6 is 31.9 Å². The van der Waals surface area contributed by atoms with Crippen molar-refractivity contribution in [1.82, 2.24) is 0 Å². The summed E-state index contributed by atoms with van der Waals surface area (Å²) < 4.78 is 6.70. The van der Waals surface area contributed by atoms with E-state index in [-0.39, 0.29) is 5.75 Å². The first-order chi connectivity index (χ1) is 13.1. The standard InChI is InChI=1S/C20H19Br2NO5/c1-20(2,9-8-16(24)25)18(14-10-12(21)11-15(22)17(14)26)28-19(27)23-13-6-4-3-5-7-13/h3-11,18,26H,1-2H3,(H,23,27)(H,24,25)/b9-8+/t18-/m1/s1. The van der Waals surface area contributed by atoms with Crippen LogP contribution in [0.2, 0.25) is 0 Å². The van der Waals surface area contributed by atoms with Gasteiger partial charge < -0.3 is 14.9 Å². The van der Waals surface area contributed by atoms with Gasteiger partial charge in [-0.1, -0.05) is 54.1 Å². The lowest BCUT2D eigenvalue weighted by molar-refractivity contribution is -0.131. The van der Waals surface area contributed by atoms with E-state index in [9.17, 15) is 14.7 Å². The Labute approximate surface area is 179 Å². The molecule has 8 heteroatoms. The molecule has 0 aliphatic rings. The summed E-state index contributed by atoms with van der Waals surface area (Å²) in [6, 6.07) is 12.0. The molecule has 1 amide bonds. The predicted molar refractivity (Wildman–Crippen MR) is 113 cm³/mol. The smallest absolute Gasteiger partial charge is 0.412 e. The van der Waals surface area contributed by atoms with Gasteiger partial charge in [0.25, 0.3) is 0 Å². The Morgan fingerprint density at radius 1 is 1.18 bits per heavy atom. The number of rotatable bonds is 6. The minimum absolute atomic E-state index is 0.0995. The van der Waals surface area contributed by atoms with Gasteiger partial charge in [-0.2, -0.15) is 0 Å². The molecule has 0 spiro atoms. The predicted octanol–water partition coefficient (Wildman–Crippen LogP) is 5.87. The fourth-order valence-electron chi connectivity index (χ4n) is 2.55. The molecule has 0 aromatic heterocycles. The van der Waals surface area contributed by atoms with E-state index in [2.05, 4.69) is 37.2 Å². The van der Waals surface area contributed by atoms with Crippen molar-refractivity contribution in [3.63, 3.8) is 0 Å². The van der Waals surface area contributed by atoms with Crippen molar-refractivity contribution in [3.05, 3.63) is 69.1 Å². The summed E-state index contributed by atoms with van der Waals surface area (Å²) in [5, 5.41) is 22.1. The number of anilines is 1. The van der Waals surface area contributed by atoms with Gasteiger partial charge in [0.1, 0.15) is 11.9 Å². The second-order valence-electron chi connectivity index (χ2n) is 6.59. The summed E-state index contributed by atoms with van der Waals surface area (Å²) in [6.07, 6.45) is 0.698. The molecule has 148 valence electrons. The lowest BCUT2D eigenvalue weighted by Crippen LogP contribution is -2.28. The van der Waals surface area contributed by atoms with E-state index >= 15 is 0 Å². The maximum absolute atomic E-state index is 12.5. The monoisotopic (exact) mass is 511 g/mol. The largest absolute Gasteiger partial charge is 0.506 e. The number of halogens is 2. The van der Waals surface area contributed by atoms with Crippen molar-refractivity contribution in [1.29, 1.82) is 0 Å². The Hall–Kier alpha value is -2.32. The van der Waals surface area contributed by atoms with Gasteiger partial charge in [-0.25, -0.2) is 9.59 Å². The van der Waals surface area contributed by atoms with Gasteiger partial charge in [-0.05, 0) is 40.2 Å². The number of amides is 1. The van der Waals surface area contributed by atoms with Crippen molar-refractivity contribution >= 4 is 49.6 Å². The molecule has 0 aliphatic heterocycles. The molecule has 1 atom stereocenters. The number of aromatic hydroxyl groups is 1. The first kappa shape index (κ1) is 22.0. The topological polar surface area (TPSA) is 95.9 Å². The van der Waals surface area contributed by atoms with Crippen LogP contribution < -0.4 is 5.32 Å². The zero-order valence-electron chi connectivity index (χ0n) is 15.1. The van der Waals surface area contributed by atoms with Gasteiger partial charge in [0.05, 0.1) is 4.47 Å². The van der Waals surface area contributed by atoms with Crippen LogP contribution in [0.5, 0.6) is 5.75 Å². The zero-order valence-corrected chi connectivity index (χ0v) is 18.3. The van der Waals surface area contributed by atoms with Gasteiger partial charge in [0, 0.05) is 27.2 Å². The minimum atomic E-state index is -1.12. The Balaban J connectivity index is 2.42. The number of carbonyl (C=O) groups excluding carboxylic acids is 1. The number of phenolic OH excluding ortho intramolecular Hbond substituents is 1. The summed E-state index contributed by atoms with van der Waals surface area (Å²) >= 11 is 6.62. The fraction of sp³-hybridized carbons (Fsp3) is 0.200. The molecule has 0 fully saturated rings. The molecule has 6 nitrogen and oxygen atoms in total. The number of para-hydroxylation sites is 1. The number of carbonyl (C=O) groups is 2. The molecular formula is C20H19Br2NO5. The molecule has 0 heterocycles. The van der Waals surface area contributed by atoms with Crippen LogP contribution in [0.3, 0.4) is 0 Å². The number of nitrogens with one attached hydrogen (secondary N) is 1. The first-order valence-corrected chi connectivity index (χ1v) is 9.81. The van der Waals surface area contributed by atoms with Crippen LogP contribution in [0, 0.1) is 5.41 Å². The highest BCUT2D eigenvalue weighted by atomic mass is 79.9. The number of carboxylic acid groups (broad SMARTS) is 1. The van der Waals surface area contributed by atoms with E-state index in [1.807, 2.05) is 6.07 Å². The Kier molecular flexibility index (Phi) is 7.26. The molecule has 0 saturated heterocycles. The number of carboxylic acids is 1. The SMILES string of the molecule is CC(C)(/C=C/C(=O)O)[C@H](OC(=O)Nc1ccccc1)c1cc(Br)cc(Br)c1O. The molecule has 28 heavy (non-hydrogen) atoms. The Morgan fingerprint density at radius 3 is 2.43 bits per heavy atom. The Morgan fingerprint density at radius 2 is 1.82 bits per heavy atom. The molecule has 2 rings (SSSR count). The number of phenols is 1. The van der Waals surface area contributed by atoms with Crippen LogP contribution in [0.25, 0.3) is 0 Å². The second kappa shape index (κ2) is 9.25. The van der Waals surface area contributed by atoms with E-state index < -0.39 is 23.6 Å². The third-order valence-electron chi connectivity index (χ3n) is 3.92. The molecular weight excluding hydrogens is 494 g/mol. The fourth-order valence-corrected chi connectivity index (χ4v) is 3.81. The summed E-state index contributed by atoms with van der Waals surface area (Å²) in [6.45, 7) is 3.42. The summed E-state index contributed by atoms with van der Waals surface area (Å²) in [5.74, 6) is -1.22. The van der Waals surface area contributed by atoms with Gasteiger partial charge in [0.15, 0.2) is 0 Å². The summed E-state index contributed by atoms with van der Waals surface area (Å²) in [5.41, 5.74) is -0.0706. The molecule has 2 aromatic rings. The normalized spacial score (nSPS) is 12.6. The van der Waals surface area contributed by atoms with Gasteiger partial charge >= 0.3 is 12.1 Å². The lowest BCUT2D eigenvalue weighted by Gasteiger charge is -2.32. The lowest BCUT2D eigenvalue weighted by atomic mass is 9.81. The number of benzene rings is 2. The van der Waals surface area contributed by atoms with Crippen LogP contribution in [-0.2, 0) is 9.53 Å². The zero-order chi connectivity index (χ0) is 20.9. The molecule has 0 unspecified atom stereocenters. The minimum Gasteiger partial charge on any atom is -0.506 e. The molecule has 0 bridgehead atoms. The van der Waals surface area contributed by atoms with E-state index in [1.54, 1.807) is 50.2 Å². The first-order valence-electron chi connectivity index (χ1n) is 8.23. The summed E-state index contributed by atoms with van der Waals surface area (Å²) in [7, 11) is 0. The highest BCUT2D eigenvalue weighted by Crippen LogP contribution is 2.45. The van der Waals surface area contributed by atoms with Crippen molar-refractivity contribution in [2.45, 2.75) is 20.0 Å². The summed E-state index contributed by atoms with van der Waals surface area (Å²) in [4.78, 5) is 23.5. The van der Waals surface area contributed by atoms with E-state index in [0.29, 0.717) is 20.2 Å². The Bertz CT molecular complexity index is 897. The van der Waals surface area contributed by atoms with Crippen LogP contribution in [0.15, 0.2) is 63.6 Å². The van der Waals surface area contributed by atoms with Crippen molar-refractivity contribution < 1.29 is 24.5 Å². The third kappa shape index (κ3) is 5.84. The number of hydrogen-bond donors (Lipinski definition) is 3. The van der Waals surface area contributed by atoms with E-state index in [4.69, 9.17) is 9.84 Å². The number of aliphatic carboxylic acids is 1. The van der Waals surface area contributed by atoms with Crippen LogP contribution in [-0.4, -0.2) is 22.3 Å². The molecule has 0 radical (unpaired) electrons. The van der Waals surface area contributed by atoms with Crippen molar-refractivity contribution in [2.75, 3.05) is 5.32 Å². The number of hydrogen-bond acceptors (Lipinski definition) is 4. The van der Waals surface area contributed by atoms with Crippen molar-refractivity contribution in [3.8, 4) is 5.75 Å². The van der Waals surface area contributed by atoms with Crippen LogP contribution in [0.4, 0.5) is 10.5 Å². The van der Waals surface area contributed by atoms with Crippen molar-refractivity contribution in [2.24, 2.45) is 5.41 Å².